The number of carbonyl (C=O) groups excluding carboxylic acids is 1. The molecule has 4 nitrogen and oxygen atoms in total. The van der Waals surface area contributed by atoms with Crippen LogP contribution in [0.25, 0.3) is 0 Å². The number of anilines is 1. The lowest BCUT2D eigenvalue weighted by atomic mass is 9.99. The fourth-order valence-electron chi connectivity index (χ4n) is 2.48. The summed E-state index contributed by atoms with van der Waals surface area (Å²) in [6.07, 6.45) is 4.71. The molecule has 1 aliphatic rings. The molecule has 3 rings (SSSR count). The van der Waals surface area contributed by atoms with Gasteiger partial charge in [-0.3, -0.25) is 9.89 Å². The fourth-order valence-corrected chi connectivity index (χ4v) is 3.63. The number of aromatic nitrogens is 2. The molecule has 0 atom stereocenters. The van der Waals surface area contributed by atoms with Crippen molar-refractivity contribution >= 4 is 23.1 Å². The monoisotopic (exact) mass is 289 g/mol. The van der Waals surface area contributed by atoms with Crippen molar-refractivity contribution in [2.75, 3.05) is 5.32 Å². The van der Waals surface area contributed by atoms with Crippen LogP contribution in [0.5, 0.6) is 0 Å². The number of carbonyl (C=O) groups is 1. The van der Waals surface area contributed by atoms with Crippen LogP contribution in [0.1, 0.15) is 58.4 Å². The zero-order valence-electron chi connectivity index (χ0n) is 11.8. The molecule has 0 aromatic carbocycles. The van der Waals surface area contributed by atoms with Crippen LogP contribution >= 0.6 is 11.3 Å². The predicted molar refractivity (Wildman–Crippen MR) is 81.6 cm³/mol. The van der Waals surface area contributed by atoms with Gasteiger partial charge in [-0.15, -0.1) is 11.3 Å². The van der Waals surface area contributed by atoms with Crippen molar-refractivity contribution in [3.63, 3.8) is 0 Å². The number of aromatic amines is 1. The number of fused-ring (bicyclic) bond motifs is 1. The molecule has 0 unspecified atom stereocenters. The summed E-state index contributed by atoms with van der Waals surface area (Å²) in [6.45, 7) is 4.18. The second-order valence-electron chi connectivity index (χ2n) is 5.58. The van der Waals surface area contributed by atoms with Gasteiger partial charge in [0, 0.05) is 16.6 Å². The normalized spacial score (nSPS) is 14.3. The number of H-pyrrole nitrogens is 1. The van der Waals surface area contributed by atoms with E-state index in [1.165, 1.54) is 23.3 Å². The van der Waals surface area contributed by atoms with Crippen LogP contribution in [0.2, 0.25) is 0 Å². The molecule has 1 aliphatic carbocycles. The molecular weight excluding hydrogens is 270 g/mol. The Hall–Kier alpha value is -1.62. The van der Waals surface area contributed by atoms with E-state index >= 15 is 0 Å². The van der Waals surface area contributed by atoms with Crippen molar-refractivity contribution in [2.45, 2.75) is 45.4 Å². The average molecular weight is 289 g/mol. The molecule has 0 spiro atoms. The maximum atomic E-state index is 12.3. The highest BCUT2D eigenvalue weighted by Gasteiger charge is 2.18. The summed E-state index contributed by atoms with van der Waals surface area (Å²) < 4.78 is 0. The molecule has 2 aromatic rings. The molecule has 1 amide bonds. The van der Waals surface area contributed by atoms with Crippen LogP contribution in [0.4, 0.5) is 5.82 Å². The van der Waals surface area contributed by atoms with E-state index in [1.807, 2.05) is 12.1 Å². The van der Waals surface area contributed by atoms with Crippen LogP contribution in [0, 0.1) is 0 Å². The van der Waals surface area contributed by atoms with Gasteiger partial charge in [0.2, 0.25) is 0 Å². The van der Waals surface area contributed by atoms with E-state index in [1.54, 1.807) is 11.3 Å². The Kier molecular flexibility index (Phi) is 3.61. The highest BCUT2D eigenvalue weighted by Crippen LogP contribution is 2.30. The van der Waals surface area contributed by atoms with Gasteiger partial charge in [-0.05, 0) is 43.2 Å². The van der Waals surface area contributed by atoms with Gasteiger partial charge in [0.15, 0.2) is 5.82 Å². The summed E-state index contributed by atoms with van der Waals surface area (Å²) in [6, 6.07) is 3.95. The molecule has 0 saturated heterocycles. The number of nitrogens with zero attached hydrogens (tertiary/aromatic N) is 1. The molecule has 2 aromatic heterocycles. The molecule has 0 aliphatic heterocycles. The number of rotatable bonds is 3. The lowest BCUT2D eigenvalue weighted by Gasteiger charge is -2.08. The van der Waals surface area contributed by atoms with Crippen molar-refractivity contribution < 1.29 is 4.79 Å². The Morgan fingerprint density at radius 1 is 1.35 bits per heavy atom. The Balaban J connectivity index is 1.73. The molecule has 2 N–H and O–H groups in total. The van der Waals surface area contributed by atoms with Gasteiger partial charge in [0.05, 0.1) is 4.88 Å². The minimum absolute atomic E-state index is 0.0498. The first-order valence-corrected chi connectivity index (χ1v) is 7.93. The van der Waals surface area contributed by atoms with Gasteiger partial charge in [-0.1, -0.05) is 13.8 Å². The largest absolute Gasteiger partial charge is 0.304 e. The van der Waals surface area contributed by atoms with E-state index in [0.29, 0.717) is 11.7 Å². The van der Waals surface area contributed by atoms with Crippen LogP contribution in [-0.2, 0) is 12.8 Å². The first-order valence-electron chi connectivity index (χ1n) is 7.11. The number of hydrogen-bond acceptors (Lipinski definition) is 3. The van der Waals surface area contributed by atoms with Crippen LogP contribution in [0.3, 0.4) is 0 Å². The van der Waals surface area contributed by atoms with E-state index < -0.39 is 0 Å². The minimum Gasteiger partial charge on any atom is -0.304 e. The third-order valence-corrected chi connectivity index (χ3v) is 4.92. The van der Waals surface area contributed by atoms with Gasteiger partial charge in [-0.2, -0.15) is 5.10 Å². The van der Waals surface area contributed by atoms with E-state index in [9.17, 15) is 4.79 Å². The summed E-state index contributed by atoms with van der Waals surface area (Å²) >= 11 is 1.63. The lowest BCUT2D eigenvalue weighted by molar-refractivity contribution is 0.103. The first-order chi connectivity index (χ1) is 9.63. The topological polar surface area (TPSA) is 57.8 Å². The molecule has 2 heterocycles. The number of nitrogens with one attached hydrogen (secondary N) is 2. The summed E-state index contributed by atoms with van der Waals surface area (Å²) in [4.78, 5) is 14.4. The maximum Gasteiger partial charge on any atom is 0.266 e. The highest BCUT2D eigenvalue weighted by molar-refractivity contribution is 7.14. The number of amides is 1. The molecule has 5 heteroatoms. The van der Waals surface area contributed by atoms with Gasteiger partial charge in [0.25, 0.3) is 5.91 Å². The summed E-state index contributed by atoms with van der Waals surface area (Å²) in [5, 5.41) is 9.95. The maximum absolute atomic E-state index is 12.3. The third kappa shape index (κ3) is 2.63. The van der Waals surface area contributed by atoms with E-state index in [4.69, 9.17) is 0 Å². The average Bonchev–Trinajstić information content (AvgIpc) is 3.04. The van der Waals surface area contributed by atoms with Crippen LogP contribution in [0.15, 0.2) is 12.1 Å². The summed E-state index contributed by atoms with van der Waals surface area (Å²) in [5.41, 5.74) is 2.39. The molecule has 0 radical (unpaired) electrons. The van der Waals surface area contributed by atoms with E-state index in [-0.39, 0.29) is 5.91 Å². The Bertz CT molecular complexity index is 603. The van der Waals surface area contributed by atoms with E-state index in [2.05, 4.69) is 29.4 Å². The summed E-state index contributed by atoms with van der Waals surface area (Å²) in [7, 11) is 0. The molecule has 0 saturated carbocycles. The Morgan fingerprint density at radius 3 is 2.85 bits per heavy atom. The van der Waals surface area contributed by atoms with Gasteiger partial charge in [-0.25, -0.2) is 0 Å². The SMILES string of the molecule is CC(C)c1cc(NC(=O)c2cc3c(s2)CCCC3)n[nH]1. The van der Waals surface area contributed by atoms with Crippen molar-refractivity contribution in [1.82, 2.24) is 10.2 Å². The molecule has 0 bridgehead atoms. The fraction of sp³-hybridized carbons (Fsp3) is 0.467. The number of thiophene rings is 1. The predicted octanol–water partition coefficient (Wildman–Crippen LogP) is 3.73. The lowest BCUT2D eigenvalue weighted by Crippen LogP contribution is -2.10. The zero-order chi connectivity index (χ0) is 14.1. The molecule has 106 valence electrons. The smallest absolute Gasteiger partial charge is 0.266 e. The van der Waals surface area contributed by atoms with Crippen molar-refractivity contribution in [3.05, 3.63) is 33.1 Å². The second-order valence-corrected chi connectivity index (χ2v) is 6.72. The minimum atomic E-state index is -0.0498. The highest BCUT2D eigenvalue weighted by atomic mass is 32.1. The summed E-state index contributed by atoms with van der Waals surface area (Å²) in [5.74, 6) is 0.929. The Labute approximate surface area is 122 Å². The first kappa shape index (κ1) is 13.4. The van der Waals surface area contributed by atoms with Crippen molar-refractivity contribution in [1.29, 1.82) is 0 Å². The number of hydrogen-bond donors (Lipinski definition) is 2. The van der Waals surface area contributed by atoms with Crippen molar-refractivity contribution in [3.8, 4) is 0 Å². The number of aryl methyl sites for hydroxylation is 2. The van der Waals surface area contributed by atoms with Gasteiger partial charge in [0.1, 0.15) is 0 Å². The van der Waals surface area contributed by atoms with E-state index in [0.717, 1.165) is 23.4 Å². The Morgan fingerprint density at radius 2 is 2.15 bits per heavy atom. The van der Waals surface area contributed by atoms with Crippen LogP contribution in [-0.4, -0.2) is 16.1 Å². The third-order valence-electron chi connectivity index (χ3n) is 3.68. The molecule has 0 fully saturated rings. The van der Waals surface area contributed by atoms with Crippen LogP contribution < -0.4 is 5.32 Å². The van der Waals surface area contributed by atoms with Gasteiger partial charge < -0.3 is 5.32 Å². The second kappa shape index (κ2) is 5.40. The molecule has 20 heavy (non-hydrogen) atoms. The zero-order valence-corrected chi connectivity index (χ0v) is 12.6. The van der Waals surface area contributed by atoms with Crippen molar-refractivity contribution in [2.24, 2.45) is 0 Å². The quantitative estimate of drug-likeness (QED) is 0.904. The van der Waals surface area contributed by atoms with Gasteiger partial charge >= 0.3 is 0 Å². The standard InChI is InChI=1S/C15H19N3OS/c1-9(2)11-8-14(18-17-11)16-15(19)13-7-10-5-3-4-6-12(10)20-13/h7-9H,3-6H2,1-2H3,(H2,16,17,18,19). The molecular formula is C15H19N3OS.